The number of esters is 1. The summed E-state index contributed by atoms with van der Waals surface area (Å²) in [6.07, 6.45) is 2.87. The number of nitrogens with zero attached hydrogens (tertiary/aromatic N) is 2. The second-order valence-corrected chi connectivity index (χ2v) is 13.8. The summed E-state index contributed by atoms with van der Waals surface area (Å²) in [6.45, 7) is 1.56. The van der Waals surface area contributed by atoms with Gasteiger partial charge in [-0.2, -0.15) is 0 Å². The van der Waals surface area contributed by atoms with Crippen molar-refractivity contribution in [1.29, 1.82) is 0 Å². The van der Waals surface area contributed by atoms with E-state index in [-0.39, 0.29) is 38.1 Å². The number of benzene rings is 1. The van der Waals surface area contributed by atoms with Crippen LogP contribution >= 0.6 is 0 Å². The van der Waals surface area contributed by atoms with Crippen molar-refractivity contribution in [3.8, 4) is 5.75 Å². The van der Waals surface area contributed by atoms with E-state index in [1.165, 1.54) is 7.11 Å². The minimum Gasteiger partial charge on any atom is -0.497 e. The molecule has 4 rings (SSSR count). The molecule has 3 aromatic rings. The summed E-state index contributed by atoms with van der Waals surface area (Å²) in [5.41, 5.74) is 1.57. The Morgan fingerprint density at radius 3 is 2.83 bits per heavy atom. The van der Waals surface area contributed by atoms with Crippen LogP contribution in [0.15, 0.2) is 51.3 Å². The van der Waals surface area contributed by atoms with Gasteiger partial charge in [0.1, 0.15) is 5.75 Å². The number of aliphatic hydroxyl groups is 1. The van der Waals surface area contributed by atoms with E-state index in [2.05, 4.69) is 4.98 Å². The second-order valence-electron chi connectivity index (χ2n) is 9.11. The van der Waals surface area contributed by atoms with Gasteiger partial charge in [-0.25, -0.2) is 0 Å². The minimum atomic E-state index is -3.27. The fourth-order valence-electron chi connectivity index (χ4n) is 4.92. The molecule has 3 heterocycles. The summed E-state index contributed by atoms with van der Waals surface area (Å²) >= 11 is -0.119. The van der Waals surface area contributed by atoms with Gasteiger partial charge in [0.25, 0.3) is 0 Å². The molecule has 2 aromatic heterocycles. The molecule has 0 amide bonds. The first kappa shape index (κ1) is 26.8. The first-order valence-electron chi connectivity index (χ1n) is 12.0. The van der Waals surface area contributed by atoms with Crippen LogP contribution in [-0.4, -0.2) is 83.5 Å². The number of ether oxygens (including phenoxy) is 2. The van der Waals surface area contributed by atoms with Crippen molar-refractivity contribution in [2.24, 2.45) is 11.8 Å². The van der Waals surface area contributed by atoms with Crippen LogP contribution in [0.1, 0.15) is 30.9 Å². The van der Waals surface area contributed by atoms with E-state index in [0.29, 0.717) is 42.0 Å². The Balaban J connectivity index is 1.40. The Bertz CT molecular complexity index is 1280. The molecule has 0 saturated carbocycles. The van der Waals surface area contributed by atoms with Gasteiger partial charge < -0.3 is 4.74 Å². The fraction of sp³-hybridized carbons (Fsp3) is 0.462. The Kier molecular flexibility index (Phi) is 8.85. The number of hydrogen-bond acceptors (Lipinski definition) is 8. The fourth-order valence-corrected chi connectivity index (χ4v) is 8.73. The first-order chi connectivity index (χ1) is 17.3. The summed E-state index contributed by atoms with van der Waals surface area (Å²) in [5, 5.41) is 11.9. The van der Waals surface area contributed by atoms with E-state index in [1.54, 1.807) is 25.4 Å². The molecule has 1 aliphatic heterocycles. The summed E-state index contributed by atoms with van der Waals surface area (Å²) in [4.78, 5) is 21.0. The van der Waals surface area contributed by atoms with Crippen LogP contribution in [0.2, 0.25) is 0 Å². The molecule has 194 valence electrons. The summed E-state index contributed by atoms with van der Waals surface area (Å²) < 4.78 is 36.2. The van der Waals surface area contributed by atoms with Crippen molar-refractivity contribution in [2.45, 2.75) is 29.1 Å². The zero-order chi connectivity index (χ0) is 25.7. The number of methoxy groups -OCH3 is 2. The van der Waals surface area contributed by atoms with Crippen LogP contribution in [-0.2, 0) is 19.4 Å². The standard InChI is InChI=1S/C26H32N2O6SSe/c1-33-19-6-7-23-21(16-19)20(9-11-27-23)24(29)8-5-18-10-12-28(17-22(18)26(30)34-2)13-14-35(31,32)25-4-3-15-36-25/h3-4,6-7,9,11,15-16,18,22,24,29H,5,8,10,12-14,17H2,1-2H3/t18-,22+,24?/m1/s1. The van der Waals surface area contributed by atoms with E-state index in [4.69, 9.17) is 9.47 Å². The van der Waals surface area contributed by atoms with E-state index in [1.807, 2.05) is 34.1 Å². The van der Waals surface area contributed by atoms with Crippen LogP contribution < -0.4 is 4.74 Å². The van der Waals surface area contributed by atoms with Crippen molar-refractivity contribution in [1.82, 2.24) is 9.88 Å². The third kappa shape index (κ3) is 6.18. The van der Waals surface area contributed by atoms with Gasteiger partial charge in [0.2, 0.25) is 0 Å². The van der Waals surface area contributed by atoms with Crippen LogP contribution in [0.3, 0.4) is 0 Å². The van der Waals surface area contributed by atoms with Crippen LogP contribution in [0.4, 0.5) is 0 Å². The van der Waals surface area contributed by atoms with Crippen LogP contribution in [0, 0.1) is 11.8 Å². The Morgan fingerprint density at radius 1 is 1.28 bits per heavy atom. The number of hydrogen-bond donors (Lipinski definition) is 1. The molecule has 0 bridgehead atoms. The number of carbonyl (C=O) groups is 1. The average Bonchev–Trinajstić information content (AvgIpc) is 3.46. The maximum atomic E-state index is 12.6. The SMILES string of the molecule is COC(=O)[C@H]1CN(CCS(=O)(=O)c2ccc[se]2)CC[C@H]1CCC(O)c1ccnc2ccc(OC)cc12. The van der Waals surface area contributed by atoms with Crippen molar-refractivity contribution in [2.75, 3.05) is 39.6 Å². The molecule has 8 nitrogen and oxygen atoms in total. The number of aromatic nitrogens is 1. The van der Waals surface area contributed by atoms with Gasteiger partial charge in [0.15, 0.2) is 0 Å². The zero-order valence-corrected chi connectivity index (χ0v) is 23.0. The number of carbonyl (C=O) groups excluding carboxylic acids is 1. The average molecular weight is 580 g/mol. The van der Waals surface area contributed by atoms with Gasteiger partial charge in [-0.05, 0) is 24.3 Å². The number of likely N-dealkylation sites (tertiary alicyclic amines) is 1. The number of aliphatic hydroxyl groups excluding tert-OH is 1. The van der Waals surface area contributed by atoms with Gasteiger partial charge in [0.05, 0.1) is 12.6 Å². The molecular formula is C26H32N2O6SSe. The van der Waals surface area contributed by atoms with E-state index in [9.17, 15) is 18.3 Å². The predicted octanol–water partition coefficient (Wildman–Crippen LogP) is 2.70. The third-order valence-electron chi connectivity index (χ3n) is 6.97. The molecule has 36 heavy (non-hydrogen) atoms. The third-order valence-corrected chi connectivity index (χ3v) is 11.9. The van der Waals surface area contributed by atoms with Crippen molar-refractivity contribution in [3.05, 3.63) is 53.1 Å². The Hall–Kier alpha value is -2.23. The van der Waals surface area contributed by atoms with Crippen LogP contribution in [0.5, 0.6) is 5.75 Å². The molecule has 3 atom stereocenters. The molecule has 1 unspecified atom stereocenters. The predicted molar refractivity (Wildman–Crippen MR) is 138 cm³/mol. The van der Waals surface area contributed by atoms with Crippen LogP contribution in [0.25, 0.3) is 10.9 Å². The summed E-state index contributed by atoms with van der Waals surface area (Å²) in [7, 11) is -0.282. The van der Waals surface area contributed by atoms with Gasteiger partial charge in [-0.3, -0.25) is 4.98 Å². The van der Waals surface area contributed by atoms with E-state index in [0.717, 1.165) is 22.9 Å². The molecule has 1 fully saturated rings. The molecule has 1 aromatic carbocycles. The molecular weight excluding hydrogens is 547 g/mol. The monoisotopic (exact) mass is 580 g/mol. The Labute approximate surface area is 217 Å². The van der Waals surface area contributed by atoms with Crippen molar-refractivity contribution >= 4 is 41.2 Å². The van der Waals surface area contributed by atoms with Gasteiger partial charge in [-0.1, -0.05) is 0 Å². The smallest absolute Gasteiger partial charge is 0.497 e. The molecule has 1 saturated heterocycles. The Morgan fingerprint density at radius 2 is 2.11 bits per heavy atom. The molecule has 10 heteroatoms. The topological polar surface area (TPSA) is 106 Å². The van der Waals surface area contributed by atoms with Gasteiger partial charge in [-0.15, -0.1) is 0 Å². The van der Waals surface area contributed by atoms with Crippen molar-refractivity contribution in [3.63, 3.8) is 0 Å². The number of piperidine rings is 1. The molecule has 1 aliphatic rings. The maximum absolute atomic E-state index is 12.6. The van der Waals surface area contributed by atoms with Crippen molar-refractivity contribution < 1.29 is 27.8 Å². The second kappa shape index (κ2) is 11.9. The molecule has 1 N–H and O–H groups in total. The van der Waals surface area contributed by atoms with E-state index >= 15 is 0 Å². The van der Waals surface area contributed by atoms with Gasteiger partial charge >= 0.3 is 154 Å². The molecule has 0 radical (unpaired) electrons. The number of fused-ring (bicyclic) bond motifs is 1. The summed E-state index contributed by atoms with van der Waals surface area (Å²) in [6, 6.07) is 10.9. The minimum absolute atomic E-state index is 0.0488. The number of pyridine rings is 1. The normalized spacial score (nSPS) is 19.8. The number of rotatable bonds is 10. The zero-order valence-electron chi connectivity index (χ0n) is 20.5. The van der Waals surface area contributed by atoms with Gasteiger partial charge in [0, 0.05) is 11.6 Å². The number of sulfone groups is 1. The molecule has 0 aliphatic carbocycles. The molecule has 0 spiro atoms. The first-order valence-corrected chi connectivity index (χ1v) is 15.5. The quantitative estimate of drug-likeness (QED) is 0.289. The summed E-state index contributed by atoms with van der Waals surface area (Å²) in [5.74, 6) is 0.160. The van der Waals surface area contributed by atoms with E-state index < -0.39 is 15.9 Å².